The lowest BCUT2D eigenvalue weighted by Gasteiger charge is -2.05. The van der Waals surface area contributed by atoms with Crippen LogP contribution in [0.15, 0.2) is 17.3 Å². The number of aryl methyl sites for hydroxylation is 1. The summed E-state index contributed by atoms with van der Waals surface area (Å²) in [5.41, 5.74) is -0.209. The van der Waals surface area contributed by atoms with E-state index in [1.54, 1.807) is 0 Å². The van der Waals surface area contributed by atoms with E-state index in [1.807, 2.05) is 0 Å². The van der Waals surface area contributed by atoms with Crippen LogP contribution in [0.1, 0.15) is 16.2 Å². The summed E-state index contributed by atoms with van der Waals surface area (Å²) in [6, 6.07) is 0. The van der Waals surface area contributed by atoms with E-state index in [2.05, 4.69) is 25.1 Å². The lowest BCUT2D eigenvalue weighted by atomic mass is 10.4. The molecule has 0 fully saturated rings. The molecule has 0 amide bonds. The van der Waals surface area contributed by atoms with Gasteiger partial charge in [0, 0.05) is 6.20 Å². The maximum Gasteiger partial charge on any atom is 0.357 e. The third-order valence-electron chi connectivity index (χ3n) is 2.11. The van der Waals surface area contributed by atoms with E-state index in [1.165, 1.54) is 19.3 Å². The highest BCUT2D eigenvalue weighted by molar-refractivity contribution is 7.92. The van der Waals surface area contributed by atoms with Crippen LogP contribution in [0.3, 0.4) is 0 Å². The predicted octanol–water partition coefficient (Wildman–Crippen LogP) is -0.0598. The second kappa shape index (κ2) is 4.14. The second-order valence-electron chi connectivity index (χ2n) is 3.42. The Labute approximate surface area is 101 Å². The Balaban J connectivity index is 2.47. The number of carboxylic acids is 1. The van der Waals surface area contributed by atoms with E-state index >= 15 is 0 Å². The molecule has 0 saturated heterocycles. The van der Waals surface area contributed by atoms with Crippen LogP contribution in [0.5, 0.6) is 0 Å². The number of aromatic amines is 2. The topological polar surface area (TPSA) is 141 Å². The SMILES string of the molecule is Cc1[nH]nc(C(=O)O)c1S(=O)(=O)Nc1cn[nH]c1. The monoisotopic (exact) mass is 271 g/mol. The first-order chi connectivity index (χ1) is 8.42. The Hall–Kier alpha value is -2.36. The van der Waals surface area contributed by atoms with E-state index in [4.69, 9.17) is 5.11 Å². The highest BCUT2D eigenvalue weighted by atomic mass is 32.2. The van der Waals surface area contributed by atoms with Gasteiger partial charge in [0.15, 0.2) is 5.69 Å². The molecule has 96 valence electrons. The summed E-state index contributed by atoms with van der Waals surface area (Å²) in [5, 5.41) is 20.7. The van der Waals surface area contributed by atoms with E-state index in [-0.39, 0.29) is 11.4 Å². The lowest BCUT2D eigenvalue weighted by Crippen LogP contribution is -2.16. The summed E-state index contributed by atoms with van der Waals surface area (Å²) < 4.78 is 26.3. The van der Waals surface area contributed by atoms with Crippen molar-refractivity contribution in [1.82, 2.24) is 20.4 Å². The molecule has 0 atom stereocenters. The van der Waals surface area contributed by atoms with Crippen molar-refractivity contribution in [3.63, 3.8) is 0 Å². The number of hydrogen-bond acceptors (Lipinski definition) is 5. The maximum absolute atomic E-state index is 12.0. The molecule has 0 aromatic carbocycles. The molecule has 0 bridgehead atoms. The van der Waals surface area contributed by atoms with Gasteiger partial charge < -0.3 is 5.11 Å². The lowest BCUT2D eigenvalue weighted by molar-refractivity contribution is 0.0686. The number of aromatic carboxylic acids is 1. The minimum atomic E-state index is -4.03. The highest BCUT2D eigenvalue weighted by Gasteiger charge is 2.28. The number of anilines is 1. The molecule has 4 N–H and O–H groups in total. The number of nitrogens with zero attached hydrogens (tertiary/aromatic N) is 2. The standard InChI is InChI=1S/C8H9N5O4S/c1-4-7(6(8(14)15)12-11-4)18(16,17)13-5-2-9-10-3-5/h2-3,13H,1H3,(H,9,10)(H,11,12)(H,14,15). The van der Waals surface area contributed by atoms with E-state index in [0.717, 1.165) is 0 Å². The van der Waals surface area contributed by atoms with Gasteiger partial charge in [0.25, 0.3) is 10.0 Å². The number of sulfonamides is 1. The second-order valence-corrected chi connectivity index (χ2v) is 5.04. The van der Waals surface area contributed by atoms with Gasteiger partial charge >= 0.3 is 5.97 Å². The molecule has 0 aliphatic carbocycles. The van der Waals surface area contributed by atoms with Crippen molar-refractivity contribution >= 4 is 21.7 Å². The number of H-pyrrole nitrogens is 2. The Kier molecular flexibility index (Phi) is 2.79. The van der Waals surface area contributed by atoms with Crippen molar-refractivity contribution in [2.45, 2.75) is 11.8 Å². The fourth-order valence-electron chi connectivity index (χ4n) is 1.41. The zero-order chi connectivity index (χ0) is 13.3. The van der Waals surface area contributed by atoms with Crippen molar-refractivity contribution in [3.05, 3.63) is 23.8 Å². The van der Waals surface area contributed by atoms with Crippen molar-refractivity contribution in [2.75, 3.05) is 4.72 Å². The van der Waals surface area contributed by atoms with E-state index in [9.17, 15) is 13.2 Å². The van der Waals surface area contributed by atoms with Crippen molar-refractivity contribution in [2.24, 2.45) is 0 Å². The van der Waals surface area contributed by atoms with Gasteiger partial charge in [0.1, 0.15) is 4.90 Å². The number of carbonyl (C=O) groups is 1. The summed E-state index contributed by atoms with van der Waals surface area (Å²) in [5.74, 6) is -1.42. The normalized spacial score (nSPS) is 11.4. The molecule has 0 aliphatic rings. The largest absolute Gasteiger partial charge is 0.476 e. The molecule has 2 rings (SSSR count). The summed E-state index contributed by atoms with van der Waals surface area (Å²) >= 11 is 0. The van der Waals surface area contributed by atoms with Crippen LogP contribution >= 0.6 is 0 Å². The van der Waals surface area contributed by atoms with Crippen molar-refractivity contribution in [1.29, 1.82) is 0 Å². The summed E-state index contributed by atoms with van der Waals surface area (Å²) in [6.45, 7) is 1.42. The predicted molar refractivity (Wildman–Crippen MR) is 59.7 cm³/mol. The van der Waals surface area contributed by atoms with Gasteiger partial charge in [-0.25, -0.2) is 13.2 Å². The maximum atomic E-state index is 12.0. The van der Waals surface area contributed by atoms with Crippen molar-refractivity contribution in [3.8, 4) is 0 Å². The van der Waals surface area contributed by atoms with E-state index in [0.29, 0.717) is 0 Å². The molecule has 0 spiro atoms. The molecule has 10 heteroatoms. The van der Waals surface area contributed by atoms with Gasteiger partial charge in [-0.2, -0.15) is 10.2 Å². The number of nitrogens with one attached hydrogen (secondary N) is 3. The van der Waals surface area contributed by atoms with Gasteiger partial charge in [-0.05, 0) is 6.92 Å². The Morgan fingerprint density at radius 2 is 2.22 bits per heavy atom. The third kappa shape index (κ3) is 2.05. The molecule has 9 nitrogen and oxygen atoms in total. The summed E-state index contributed by atoms with van der Waals surface area (Å²) in [7, 11) is -4.03. The smallest absolute Gasteiger partial charge is 0.357 e. The molecule has 2 aromatic rings. The van der Waals surface area contributed by atoms with Gasteiger partial charge in [-0.15, -0.1) is 0 Å². The van der Waals surface area contributed by atoms with Gasteiger partial charge in [0.2, 0.25) is 0 Å². The quantitative estimate of drug-likeness (QED) is 0.614. The zero-order valence-electron chi connectivity index (χ0n) is 9.13. The van der Waals surface area contributed by atoms with Gasteiger partial charge in [-0.3, -0.25) is 14.9 Å². The minimum Gasteiger partial charge on any atom is -0.476 e. The van der Waals surface area contributed by atoms with Crippen LogP contribution in [0.4, 0.5) is 5.69 Å². The molecular weight excluding hydrogens is 262 g/mol. The van der Waals surface area contributed by atoms with Gasteiger partial charge in [-0.1, -0.05) is 0 Å². The number of carboxylic acid groups (broad SMARTS) is 1. The van der Waals surface area contributed by atoms with Crippen LogP contribution < -0.4 is 4.72 Å². The Bertz CT molecular complexity index is 672. The first-order valence-corrected chi connectivity index (χ1v) is 6.20. The zero-order valence-corrected chi connectivity index (χ0v) is 9.95. The number of aromatic nitrogens is 4. The van der Waals surface area contributed by atoms with Crippen LogP contribution in [0.2, 0.25) is 0 Å². The van der Waals surface area contributed by atoms with Gasteiger partial charge in [0.05, 0.1) is 17.6 Å². The average Bonchev–Trinajstić information content (AvgIpc) is 2.86. The van der Waals surface area contributed by atoms with Crippen molar-refractivity contribution < 1.29 is 18.3 Å². The molecule has 2 heterocycles. The van der Waals surface area contributed by atoms with Crippen LogP contribution in [-0.4, -0.2) is 39.9 Å². The van der Waals surface area contributed by atoms with E-state index < -0.39 is 26.6 Å². The Morgan fingerprint density at radius 3 is 2.78 bits per heavy atom. The Morgan fingerprint density at radius 1 is 1.50 bits per heavy atom. The number of hydrogen-bond donors (Lipinski definition) is 4. The summed E-state index contributed by atoms with van der Waals surface area (Å²) in [6.07, 6.45) is 2.58. The first-order valence-electron chi connectivity index (χ1n) is 4.71. The van der Waals surface area contributed by atoms with Crippen LogP contribution in [0.25, 0.3) is 0 Å². The minimum absolute atomic E-state index is 0.142. The highest BCUT2D eigenvalue weighted by Crippen LogP contribution is 2.20. The number of rotatable bonds is 4. The van der Waals surface area contributed by atoms with Crippen LogP contribution in [0, 0.1) is 6.92 Å². The molecular formula is C8H9N5O4S. The fraction of sp³-hybridized carbons (Fsp3) is 0.125. The molecule has 18 heavy (non-hydrogen) atoms. The molecule has 2 aromatic heterocycles. The van der Waals surface area contributed by atoms with Crippen LogP contribution in [-0.2, 0) is 10.0 Å². The first kappa shape index (κ1) is 12.1. The molecule has 0 aliphatic heterocycles. The molecule has 0 radical (unpaired) electrons. The molecule has 0 unspecified atom stereocenters. The fourth-order valence-corrected chi connectivity index (χ4v) is 2.77. The molecule has 0 saturated carbocycles. The summed E-state index contributed by atoms with van der Waals surface area (Å²) in [4.78, 5) is 10.5. The average molecular weight is 271 g/mol. The third-order valence-corrected chi connectivity index (χ3v) is 3.65.